The van der Waals surface area contributed by atoms with Gasteiger partial charge in [0.15, 0.2) is 0 Å². The fourth-order valence-corrected chi connectivity index (χ4v) is 6.98. The second kappa shape index (κ2) is 12.0. The number of benzene rings is 2. The zero-order valence-corrected chi connectivity index (χ0v) is 22.4. The molecule has 6 heteroatoms. The van der Waals surface area contributed by atoms with Crippen LogP contribution >= 0.6 is 0 Å². The molecular formula is C30H39N3O2S. The van der Waals surface area contributed by atoms with Crippen LogP contribution in [-0.2, 0) is 9.71 Å². The third-order valence-electron chi connectivity index (χ3n) is 7.38. The molecule has 3 atom stereocenters. The molecule has 4 rings (SSSR count). The lowest BCUT2D eigenvalue weighted by Crippen LogP contribution is -2.51. The maximum Gasteiger partial charge on any atom is 0.251 e. The molecule has 0 aliphatic carbocycles. The lowest BCUT2D eigenvalue weighted by atomic mass is 9.90. The van der Waals surface area contributed by atoms with Crippen LogP contribution < -0.4 is 5.32 Å². The van der Waals surface area contributed by atoms with Gasteiger partial charge in [-0.1, -0.05) is 61.5 Å². The topological polar surface area (TPSA) is 52.7 Å². The van der Waals surface area contributed by atoms with Crippen LogP contribution in [0.2, 0.25) is 0 Å². The average Bonchev–Trinajstić information content (AvgIpc) is 3.39. The molecule has 1 N–H and O–H groups in total. The fraction of sp³-hybridized carbons (Fsp3) is 0.400. The molecular weight excluding hydrogens is 466 g/mol. The molecule has 2 aromatic carbocycles. The van der Waals surface area contributed by atoms with E-state index in [4.69, 9.17) is 0 Å². The highest BCUT2D eigenvalue weighted by Crippen LogP contribution is 2.27. The van der Waals surface area contributed by atoms with E-state index >= 15 is 0 Å². The number of fused-ring (bicyclic) bond motifs is 1. The number of rotatable bonds is 9. The Bertz CT molecular complexity index is 1200. The largest absolute Gasteiger partial charge is 0.351 e. The second-order valence-electron chi connectivity index (χ2n) is 9.66. The number of amides is 1. The summed E-state index contributed by atoms with van der Waals surface area (Å²) in [7, 11) is -2.65. The Balaban J connectivity index is 1.49. The Morgan fingerprint density at radius 3 is 2.72 bits per heavy atom. The predicted molar refractivity (Wildman–Crippen MR) is 151 cm³/mol. The molecule has 5 nitrogen and oxygen atoms in total. The van der Waals surface area contributed by atoms with Gasteiger partial charge in [0.25, 0.3) is 5.91 Å². The van der Waals surface area contributed by atoms with Crippen molar-refractivity contribution in [3.8, 4) is 0 Å². The van der Waals surface area contributed by atoms with Crippen LogP contribution in [0.25, 0.3) is 0 Å². The Kier molecular flexibility index (Phi) is 8.83. The monoisotopic (exact) mass is 505 g/mol. The van der Waals surface area contributed by atoms with Crippen molar-refractivity contribution in [3.05, 3.63) is 89.5 Å². The summed E-state index contributed by atoms with van der Waals surface area (Å²) < 4.78 is 15.9. The van der Waals surface area contributed by atoms with Gasteiger partial charge in [-0.25, -0.2) is 8.51 Å². The summed E-state index contributed by atoms with van der Waals surface area (Å²) in [6.07, 6.45) is 9.72. The number of carbonyl (C=O) groups is 1. The van der Waals surface area contributed by atoms with Crippen molar-refractivity contribution >= 4 is 21.5 Å². The van der Waals surface area contributed by atoms with Crippen molar-refractivity contribution in [3.63, 3.8) is 0 Å². The lowest BCUT2D eigenvalue weighted by molar-refractivity contribution is 0.0952. The number of nitrogens with zero attached hydrogens (tertiary/aromatic N) is 2. The van der Waals surface area contributed by atoms with Crippen LogP contribution in [0.5, 0.6) is 0 Å². The molecule has 2 aliphatic heterocycles. The molecule has 2 fully saturated rings. The molecule has 3 unspecified atom stereocenters. The van der Waals surface area contributed by atoms with E-state index in [-0.39, 0.29) is 11.8 Å². The third-order valence-corrected chi connectivity index (χ3v) is 9.54. The average molecular weight is 506 g/mol. The highest BCUT2D eigenvalue weighted by Gasteiger charge is 2.34. The molecule has 0 saturated carbocycles. The van der Waals surface area contributed by atoms with Gasteiger partial charge in [-0.2, -0.15) is 0 Å². The van der Waals surface area contributed by atoms with Crippen molar-refractivity contribution in [1.29, 1.82) is 0 Å². The molecule has 2 aromatic rings. The number of piperazine rings is 1. The van der Waals surface area contributed by atoms with Gasteiger partial charge in [0, 0.05) is 48.6 Å². The fourth-order valence-electron chi connectivity index (χ4n) is 5.29. The third kappa shape index (κ3) is 6.00. The highest BCUT2D eigenvalue weighted by atomic mass is 32.2. The molecule has 0 aromatic heterocycles. The molecule has 1 amide bonds. The second-order valence-corrected chi connectivity index (χ2v) is 11.9. The minimum atomic E-state index is -2.65. The number of nitrogens with one attached hydrogen (secondary N) is 1. The van der Waals surface area contributed by atoms with Crippen LogP contribution in [-0.4, -0.2) is 64.0 Å². The molecule has 0 radical (unpaired) electrons. The van der Waals surface area contributed by atoms with Gasteiger partial charge in [-0.15, -0.1) is 0 Å². The van der Waals surface area contributed by atoms with Crippen molar-refractivity contribution in [2.45, 2.75) is 50.0 Å². The molecule has 2 saturated heterocycles. The summed E-state index contributed by atoms with van der Waals surface area (Å²) in [6, 6.07) is 17.9. The van der Waals surface area contributed by atoms with Crippen LogP contribution in [0.1, 0.15) is 54.9 Å². The molecule has 36 heavy (non-hydrogen) atoms. The van der Waals surface area contributed by atoms with E-state index in [0.717, 1.165) is 44.6 Å². The Labute approximate surface area is 217 Å². The zero-order chi connectivity index (χ0) is 25.5. The van der Waals surface area contributed by atoms with E-state index in [1.165, 1.54) is 12.0 Å². The molecule has 0 spiro atoms. The van der Waals surface area contributed by atoms with E-state index in [2.05, 4.69) is 53.4 Å². The van der Waals surface area contributed by atoms with E-state index in [1.807, 2.05) is 41.6 Å². The Morgan fingerprint density at radius 1 is 1.17 bits per heavy atom. The zero-order valence-electron chi connectivity index (χ0n) is 21.6. The summed E-state index contributed by atoms with van der Waals surface area (Å²) in [6.45, 7) is 8.21. The first-order valence-corrected chi connectivity index (χ1v) is 14.7. The van der Waals surface area contributed by atoms with Gasteiger partial charge in [0.1, 0.15) is 0 Å². The summed E-state index contributed by atoms with van der Waals surface area (Å²) >= 11 is 0. The van der Waals surface area contributed by atoms with Crippen LogP contribution in [0.3, 0.4) is 0 Å². The standard InChI is InChI=1S/C30H39N3O2S/c1-4-6-12-24(5-2)29(25-13-8-7-9-14-25)22-31-30(34)26-15-10-17-28(21-26)36(3,35)33-20-19-32-18-11-16-27(32)23-33/h5-10,12-15,17,21,27,29H,3-4,11,16,18-20,22-23H2,1-2H3,(H,31,34)/b12-6-,24-5+. The smallest absolute Gasteiger partial charge is 0.251 e. The minimum Gasteiger partial charge on any atom is -0.351 e. The van der Waals surface area contributed by atoms with Crippen LogP contribution in [0.15, 0.2) is 83.3 Å². The number of allylic oxidation sites excluding steroid dienone is 3. The van der Waals surface area contributed by atoms with Crippen LogP contribution in [0.4, 0.5) is 0 Å². The van der Waals surface area contributed by atoms with E-state index in [9.17, 15) is 9.00 Å². The summed E-state index contributed by atoms with van der Waals surface area (Å²) in [5.41, 5.74) is 2.84. The molecule has 0 bridgehead atoms. The van der Waals surface area contributed by atoms with Gasteiger partial charge in [-0.3, -0.25) is 9.69 Å². The maximum absolute atomic E-state index is 13.8. The number of hydrogen-bond donors (Lipinski definition) is 1. The highest BCUT2D eigenvalue weighted by molar-refractivity contribution is 7.98. The first-order chi connectivity index (χ1) is 17.4. The van der Waals surface area contributed by atoms with Gasteiger partial charge in [-0.05, 0) is 67.9 Å². The lowest BCUT2D eigenvalue weighted by Gasteiger charge is -2.38. The molecule has 2 aliphatic rings. The van der Waals surface area contributed by atoms with Gasteiger partial charge >= 0.3 is 0 Å². The van der Waals surface area contributed by atoms with E-state index in [0.29, 0.717) is 23.0 Å². The van der Waals surface area contributed by atoms with Gasteiger partial charge in [0.05, 0.1) is 9.71 Å². The van der Waals surface area contributed by atoms with E-state index in [1.54, 1.807) is 12.1 Å². The Morgan fingerprint density at radius 2 is 1.97 bits per heavy atom. The summed E-state index contributed by atoms with van der Waals surface area (Å²) in [4.78, 5) is 16.3. The van der Waals surface area contributed by atoms with Crippen molar-refractivity contribution < 1.29 is 9.00 Å². The number of carbonyl (C=O) groups excluding carboxylic acids is 1. The predicted octanol–water partition coefficient (Wildman–Crippen LogP) is 4.88. The van der Waals surface area contributed by atoms with Gasteiger partial charge in [0.2, 0.25) is 0 Å². The summed E-state index contributed by atoms with van der Waals surface area (Å²) in [5, 5.41) is 3.13. The molecule has 2 heterocycles. The van der Waals surface area contributed by atoms with Gasteiger partial charge < -0.3 is 5.32 Å². The van der Waals surface area contributed by atoms with Crippen molar-refractivity contribution in [2.75, 3.05) is 32.7 Å². The van der Waals surface area contributed by atoms with Crippen LogP contribution in [0, 0.1) is 0 Å². The normalized spacial score (nSPS) is 21.7. The van der Waals surface area contributed by atoms with E-state index < -0.39 is 9.71 Å². The molecule has 192 valence electrons. The Hall–Kier alpha value is -2.67. The SMILES string of the molecule is C=S(=O)(c1cccc(C(=O)NCC(C(/C=C\CC)=C/C)c2ccccc2)c1)N1CCN2CCCC2C1. The first-order valence-electron chi connectivity index (χ1n) is 13.1. The van der Waals surface area contributed by atoms with Crippen molar-refractivity contribution in [2.24, 2.45) is 0 Å². The quantitative estimate of drug-likeness (QED) is 0.390. The first kappa shape index (κ1) is 26.4. The summed E-state index contributed by atoms with van der Waals surface area (Å²) in [5.74, 6) is 4.03. The number of hydrogen-bond acceptors (Lipinski definition) is 3. The minimum absolute atomic E-state index is 0.0471. The maximum atomic E-state index is 13.8. The van der Waals surface area contributed by atoms with Crippen molar-refractivity contribution in [1.82, 2.24) is 14.5 Å².